The SMILES string of the molecule is CC(C)NC(=O)c1cc(CN)cs1. The van der Waals surface area contributed by atoms with Gasteiger partial charge in [-0.15, -0.1) is 11.3 Å². The van der Waals surface area contributed by atoms with Crippen LogP contribution in [0.3, 0.4) is 0 Å². The maximum absolute atomic E-state index is 11.4. The summed E-state index contributed by atoms with van der Waals surface area (Å²) in [6.07, 6.45) is 0. The van der Waals surface area contributed by atoms with Crippen molar-refractivity contribution >= 4 is 17.2 Å². The van der Waals surface area contributed by atoms with Gasteiger partial charge in [-0.1, -0.05) is 0 Å². The number of amides is 1. The van der Waals surface area contributed by atoms with E-state index in [1.54, 1.807) is 0 Å². The molecule has 0 aliphatic rings. The number of rotatable bonds is 3. The van der Waals surface area contributed by atoms with Crippen molar-refractivity contribution in [2.75, 3.05) is 0 Å². The summed E-state index contributed by atoms with van der Waals surface area (Å²) in [6.45, 7) is 4.37. The molecule has 1 heterocycles. The highest BCUT2D eigenvalue weighted by molar-refractivity contribution is 7.12. The Morgan fingerprint density at radius 3 is 2.85 bits per heavy atom. The second kappa shape index (κ2) is 4.39. The molecular weight excluding hydrogens is 184 g/mol. The Hall–Kier alpha value is -0.870. The van der Waals surface area contributed by atoms with Crippen LogP contribution in [0.15, 0.2) is 11.4 Å². The zero-order valence-corrected chi connectivity index (χ0v) is 8.65. The largest absolute Gasteiger partial charge is 0.349 e. The van der Waals surface area contributed by atoms with Gasteiger partial charge >= 0.3 is 0 Å². The Morgan fingerprint density at radius 2 is 2.38 bits per heavy atom. The predicted octanol–water partition coefficient (Wildman–Crippen LogP) is 1.34. The van der Waals surface area contributed by atoms with Gasteiger partial charge in [0.25, 0.3) is 5.91 Å². The van der Waals surface area contributed by atoms with E-state index in [1.807, 2.05) is 25.3 Å². The molecule has 0 radical (unpaired) electrons. The first-order valence-electron chi connectivity index (χ1n) is 4.22. The Labute approximate surface area is 81.9 Å². The second-order valence-electron chi connectivity index (χ2n) is 3.15. The summed E-state index contributed by atoms with van der Waals surface area (Å²) in [5.74, 6) is -0.0142. The van der Waals surface area contributed by atoms with E-state index in [-0.39, 0.29) is 11.9 Å². The van der Waals surface area contributed by atoms with Gasteiger partial charge in [-0.2, -0.15) is 0 Å². The van der Waals surface area contributed by atoms with Gasteiger partial charge in [-0.05, 0) is 30.9 Å². The van der Waals surface area contributed by atoms with Crippen LogP contribution in [0.25, 0.3) is 0 Å². The molecule has 3 N–H and O–H groups in total. The number of nitrogens with one attached hydrogen (secondary N) is 1. The monoisotopic (exact) mass is 198 g/mol. The van der Waals surface area contributed by atoms with E-state index in [0.29, 0.717) is 6.54 Å². The highest BCUT2D eigenvalue weighted by Gasteiger charge is 2.08. The number of hydrogen-bond acceptors (Lipinski definition) is 3. The Kier molecular flexibility index (Phi) is 3.45. The minimum atomic E-state index is -0.0142. The Bertz CT molecular complexity index is 294. The van der Waals surface area contributed by atoms with Crippen LogP contribution in [0.1, 0.15) is 29.1 Å². The van der Waals surface area contributed by atoms with Crippen LogP contribution < -0.4 is 11.1 Å². The lowest BCUT2D eigenvalue weighted by Crippen LogP contribution is -2.29. The molecule has 72 valence electrons. The van der Waals surface area contributed by atoms with Gasteiger partial charge in [0.05, 0.1) is 4.88 Å². The molecule has 1 amide bonds. The van der Waals surface area contributed by atoms with Gasteiger partial charge in [-0.25, -0.2) is 0 Å². The third kappa shape index (κ3) is 2.82. The van der Waals surface area contributed by atoms with Gasteiger partial charge in [0.2, 0.25) is 0 Å². The van der Waals surface area contributed by atoms with Crippen molar-refractivity contribution in [1.82, 2.24) is 5.32 Å². The van der Waals surface area contributed by atoms with Crippen LogP contribution in [0.2, 0.25) is 0 Å². The highest BCUT2D eigenvalue weighted by Crippen LogP contribution is 2.13. The van der Waals surface area contributed by atoms with Crippen molar-refractivity contribution in [2.24, 2.45) is 5.73 Å². The van der Waals surface area contributed by atoms with Crippen molar-refractivity contribution in [3.8, 4) is 0 Å². The molecule has 0 saturated carbocycles. The molecule has 0 bridgehead atoms. The normalized spacial score (nSPS) is 10.5. The lowest BCUT2D eigenvalue weighted by atomic mass is 10.3. The minimum Gasteiger partial charge on any atom is -0.349 e. The molecule has 1 rings (SSSR count). The summed E-state index contributed by atoms with van der Waals surface area (Å²) in [5.41, 5.74) is 6.45. The number of carbonyl (C=O) groups excluding carboxylic acids is 1. The summed E-state index contributed by atoms with van der Waals surface area (Å²) in [4.78, 5) is 12.2. The van der Waals surface area contributed by atoms with E-state index < -0.39 is 0 Å². The first kappa shape index (κ1) is 10.2. The average molecular weight is 198 g/mol. The maximum Gasteiger partial charge on any atom is 0.261 e. The molecule has 1 aromatic rings. The van der Waals surface area contributed by atoms with E-state index in [4.69, 9.17) is 5.73 Å². The predicted molar refractivity (Wildman–Crippen MR) is 54.8 cm³/mol. The van der Waals surface area contributed by atoms with Gasteiger partial charge < -0.3 is 11.1 Å². The van der Waals surface area contributed by atoms with E-state index in [9.17, 15) is 4.79 Å². The maximum atomic E-state index is 11.4. The third-order valence-corrected chi connectivity index (χ3v) is 2.51. The van der Waals surface area contributed by atoms with E-state index in [1.165, 1.54) is 11.3 Å². The zero-order valence-electron chi connectivity index (χ0n) is 7.83. The lowest BCUT2D eigenvalue weighted by molar-refractivity contribution is 0.0947. The Balaban J connectivity index is 2.66. The summed E-state index contributed by atoms with van der Waals surface area (Å²) in [7, 11) is 0. The van der Waals surface area contributed by atoms with E-state index in [0.717, 1.165) is 10.4 Å². The molecule has 0 aliphatic heterocycles. The van der Waals surface area contributed by atoms with Crippen LogP contribution in [-0.4, -0.2) is 11.9 Å². The van der Waals surface area contributed by atoms with Crippen LogP contribution in [0, 0.1) is 0 Å². The summed E-state index contributed by atoms with van der Waals surface area (Å²) in [6, 6.07) is 2.01. The molecule has 13 heavy (non-hydrogen) atoms. The van der Waals surface area contributed by atoms with Gasteiger partial charge in [0, 0.05) is 12.6 Å². The fraction of sp³-hybridized carbons (Fsp3) is 0.444. The van der Waals surface area contributed by atoms with Crippen LogP contribution in [0.4, 0.5) is 0 Å². The molecule has 0 unspecified atom stereocenters. The summed E-state index contributed by atoms with van der Waals surface area (Å²) < 4.78 is 0. The molecule has 0 atom stereocenters. The van der Waals surface area contributed by atoms with Gasteiger partial charge in [0.1, 0.15) is 0 Å². The topological polar surface area (TPSA) is 55.1 Å². The molecule has 0 saturated heterocycles. The Morgan fingerprint density at radius 1 is 1.69 bits per heavy atom. The summed E-state index contributed by atoms with van der Waals surface area (Å²) in [5, 5.41) is 4.74. The van der Waals surface area contributed by atoms with Crippen LogP contribution in [-0.2, 0) is 6.54 Å². The van der Waals surface area contributed by atoms with Gasteiger partial charge in [0.15, 0.2) is 0 Å². The number of nitrogens with two attached hydrogens (primary N) is 1. The minimum absolute atomic E-state index is 0.0142. The van der Waals surface area contributed by atoms with Crippen LogP contribution >= 0.6 is 11.3 Å². The smallest absolute Gasteiger partial charge is 0.261 e. The van der Waals surface area contributed by atoms with Gasteiger partial charge in [-0.3, -0.25) is 4.79 Å². The molecule has 0 aliphatic carbocycles. The first-order valence-corrected chi connectivity index (χ1v) is 5.09. The molecule has 1 aromatic heterocycles. The first-order chi connectivity index (χ1) is 6.13. The molecule has 4 heteroatoms. The number of hydrogen-bond donors (Lipinski definition) is 2. The number of thiophene rings is 1. The molecule has 0 aromatic carbocycles. The third-order valence-electron chi connectivity index (χ3n) is 1.53. The highest BCUT2D eigenvalue weighted by atomic mass is 32.1. The fourth-order valence-corrected chi connectivity index (χ4v) is 1.76. The van der Waals surface area contributed by atoms with Crippen molar-refractivity contribution in [3.05, 3.63) is 21.9 Å². The van der Waals surface area contributed by atoms with E-state index >= 15 is 0 Å². The van der Waals surface area contributed by atoms with Crippen LogP contribution in [0.5, 0.6) is 0 Å². The standard InChI is InChI=1S/C9H14N2OS/c1-6(2)11-9(12)8-3-7(4-10)5-13-8/h3,5-6H,4,10H2,1-2H3,(H,11,12). The lowest BCUT2D eigenvalue weighted by Gasteiger charge is -2.05. The van der Waals surface area contributed by atoms with Crippen molar-refractivity contribution < 1.29 is 4.79 Å². The second-order valence-corrected chi connectivity index (χ2v) is 4.06. The van der Waals surface area contributed by atoms with Crippen molar-refractivity contribution in [3.63, 3.8) is 0 Å². The van der Waals surface area contributed by atoms with Crippen molar-refractivity contribution in [1.29, 1.82) is 0 Å². The van der Waals surface area contributed by atoms with E-state index in [2.05, 4.69) is 5.32 Å². The zero-order chi connectivity index (χ0) is 9.84. The molecule has 0 fully saturated rings. The fourth-order valence-electron chi connectivity index (χ4n) is 0.935. The molecule has 3 nitrogen and oxygen atoms in total. The van der Waals surface area contributed by atoms with Crippen molar-refractivity contribution in [2.45, 2.75) is 26.4 Å². The summed E-state index contributed by atoms with van der Waals surface area (Å²) >= 11 is 1.43. The number of carbonyl (C=O) groups is 1. The quantitative estimate of drug-likeness (QED) is 0.770. The molecule has 0 spiro atoms. The molecular formula is C9H14N2OS. The average Bonchev–Trinajstić information content (AvgIpc) is 2.50.